The molecule has 1 aromatic heterocycles. The predicted octanol–water partition coefficient (Wildman–Crippen LogP) is 2.09. The van der Waals surface area contributed by atoms with E-state index in [2.05, 4.69) is 10.3 Å². The summed E-state index contributed by atoms with van der Waals surface area (Å²) in [5.41, 5.74) is 5.47. The molecule has 1 aromatic rings. The summed E-state index contributed by atoms with van der Waals surface area (Å²) >= 11 is 1.53. The molecule has 0 aliphatic heterocycles. The molecule has 1 aliphatic carbocycles. The first-order chi connectivity index (χ1) is 7.79. The molecule has 1 fully saturated rings. The van der Waals surface area contributed by atoms with Crippen molar-refractivity contribution in [1.82, 2.24) is 4.98 Å². The molecule has 0 atom stereocenters. The molecule has 2 rings (SSSR count). The van der Waals surface area contributed by atoms with E-state index in [1.54, 1.807) is 0 Å². The van der Waals surface area contributed by atoms with Gasteiger partial charge in [-0.1, -0.05) is 30.6 Å². The van der Waals surface area contributed by atoms with Crippen molar-refractivity contribution in [2.45, 2.75) is 44.6 Å². The lowest BCUT2D eigenvalue weighted by Gasteiger charge is -2.22. The van der Waals surface area contributed by atoms with Crippen molar-refractivity contribution in [2.75, 3.05) is 11.9 Å². The Labute approximate surface area is 99.9 Å². The smallest absolute Gasteiger partial charge is 0.227 e. The number of aromatic hydroxyl groups is 1. The van der Waals surface area contributed by atoms with Crippen molar-refractivity contribution in [3.8, 4) is 5.88 Å². The van der Waals surface area contributed by atoms with E-state index in [1.165, 1.54) is 43.4 Å². The lowest BCUT2D eigenvalue weighted by atomic mass is 9.96. The minimum Gasteiger partial charge on any atom is -0.492 e. The third-order valence-corrected chi connectivity index (χ3v) is 4.02. The highest BCUT2D eigenvalue weighted by molar-refractivity contribution is 7.15. The van der Waals surface area contributed by atoms with Crippen LogP contribution in [0.15, 0.2) is 0 Å². The number of nitrogens with zero attached hydrogens (tertiary/aromatic N) is 1. The zero-order chi connectivity index (χ0) is 11.4. The molecule has 1 heterocycles. The van der Waals surface area contributed by atoms with Crippen LogP contribution in [0.1, 0.15) is 37.0 Å². The summed E-state index contributed by atoms with van der Waals surface area (Å²) < 4.78 is 0. The Kier molecular flexibility index (Phi) is 4.01. The van der Waals surface area contributed by atoms with Crippen molar-refractivity contribution < 1.29 is 5.11 Å². The Bertz CT molecular complexity index is 334. The first-order valence-electron chi connectivity index (χ1n) is 5.95. The molecule has 1 aliphatic rings. The van der Waals surface area contributed by atoms with Gasteiger partial charge in [-0.15, -0.1) is 0 Å². The molecule has 0 spiro atoms. The summed E-state index contributed by atoms with van der Waals surface area (Å²) in [7, 11) is 0. The molecule has 4 N–H and O–H groups in total. The predicted molar refractivity (Wildman–Crippen MR) is 67.0 cm³/mol. The van der Waals surface area contributed by atoms with Crippen LogP contribution in [0.5, 0.6) is 5.88 Å². The standard InChI is InChI=1S/C11H19N3OS/c12-7-6-9-10(15)14-11(16-9)13-8-4-2-1-3-5-8/h8,15H,1-7,12H2,(H,13,14). The maximum absolute atomic E-state index is 9.60. The fraction of sp³-hybridized carbons (Fsp3) is 0.727. The van der Waals surface area contributed by atoms with Crippen LogP contribution in [-0.4, -0.2) is 22.7 Å². The number of nitrogens with two attached hydrogens (primary N) is 1. The van der Waals surface area contributed by atoms with Crippen molar-refractivity contribution in [3.63, 3.8) is 0 Å². The van der Waals surface area contributed by atoms with Crippen LogP contribution in [0.25, 0.3) is 0 Å². The Hall–Kier alpha value is -0.810. The summed E-state index contributed by atoms with van der Waals surface area (Å²) in [5.74, 6) is 0.147. The highest BCUT2D eigenvalue weighted by Gasteiger charge is 2.16. The van der Waals surface area contributed by atoms with Crippen molar-refractivity contribution in [1.29, 1.82) is 0 Å². The Morgan fingerprint density at radius 2 is 2.12 bits per heavy atom. The normalized spacial score (nSPS) is 17.6. The zero-order valence-corrected chi connectivity index (χ0v) is 10.2. The van der Waals surface area contributed by atoms with Crippen molar-refractivity contribution in [2.24, 2.45) is 5.73 Å². The van der Waals surface area contributed by atoms with E-state index in [9.17, 15) is 5.11 Å². The van der Waals surface area contributed by atoms with E-state index in [-0.39, 0.29) is 5.88 Å². The number of hydrogen-bond donors (Lipinski definition) is 3. The van der Waals surface area contributed by atoms with Crippen LogP contribution in [0.2, 0.25) is 0 Å². The second-order valence-electron chi connectivity index (χ2n) is 4.28. The van der Waals surface area contributed by atoms with Gasteiger partial charge >= 0.3 is 0 Å². The van der Waals surface area contributed by atoms with Crippen molar-refractivity contribution in [3.05, 3.63) is 4.88 Å². The summed E-state index contributed by atoms with van der Waals surface area (Å²) in [6.07, 6.45) is 7.07. The minimum atomic E-state index is 0.147. The molecule has 0 bridgehead atoms. The van der Waals surface area contributed by atoms with Crippen LogP contribution in [0, 0.1) is 0 Å². The van der Waals surface area contributed by atoms with E-state index in [0.29, 0.717) is 19.0 Å². The summed E-state index contributed by atoms with van der Waals surface area (Å²) in [6.45, 7) is 0.554. The van der Waals surface area contributed by atoms with Crippen molar-refractivity contribution >= 4 is 16.5 Å². The van der Waals surface area contributed by atoms with Gasteiger partial charge < -0.3 is 16.2 Å². The van der Waals surface area contributed by atoms with Gasteiger partial charge in [-0.3, -0.25) is 0 Å². The minimum absolute atomic E-state index is 0.147. The summed E-state index contributed by atoms with van der Waals surface area (Å²) in [6, 6.07) is 0.532. The molecule has 1 saturated carbocycles. The van der Waals surface area contributed by atoms with Gasteiger partial charge in [-0.2, -0.15) is 4.98 Å². The lowest BCUT2D eigenvalue weighted by molar-refractivity contribution is 0.448. The van der Waals surface area contributed by atoms with Crippen LogP contribution in [0.3, 0.4) is 0 Å². The van der Waals surface area contributed by atoms with E-state index in [4.69, 9.17) is 5.73 Å². The lowest BCUT2D eigenvalue weighted by Crippen LogP contribution is -2.21. The molecule has 0 saturated heterocycles. The van der Waals surface area contributed by atoms with E-state index < -0.39 is 0 Å². The first kappa shape index (κ1) is 11.7. The first-order valence-corrected chi connectivity index (χ1v) is 6.76. The molecular formula is C11H19N3OS. The molecule has 0 unspecified atom stereocenters. The Morgan fingerprint density at radius 3 is 2.81 bits per heavy atom. The van der Waals surface area contributed by atoms with Crippen LogP contribution in [-0.2, 0) is 6.42 Å². The Morgan fingerprint density at radius 1 is 1.38 bits per heavy atom. The number of aromatic nitrogens is 1. The summed E-state index contributed by atoms with van der Waals surface area (Å²) in [4.78, 5) is 5.02. The molecule has 0 aromatic carbocycles. The highest BCUT2D eigenvalue weighted by atomic mass is 32.1. The van der Waals surface area contributed by atoms with Crippen LogP contribution in [0.4, 0.5) is 5.13 Å². The van der Waals surface area contributed by atoms with Gasteiger partial charge in [0.25, 0.3) is 0 Å². The average molecular weight is 241 g/mol. The SMILES string of the molecule is NCCc1sc(NC2CCCCC2)nc1O. The fourth-order valence-corrected chi connectivity index (χ4v) is 3.07. The van der Waals surface area contributed by atoms with Gasteiger partial charge in [0.15, 0.2) is 5.13 Å². The van der Waals surface area contributed by atoms with E-state index in [1.807, 2.05) is 0 Å². The second kappa shape index (κ2) is 5.50. The number of nitrogens with one attached hydrogen (secondary N) is 1. The van der Waals surface area contributed by atoms with Crippen LogP contribution < -0.4 is 11.1 Å². The molecule has 0 radical (unpaired) electrons. The number of hydrogen-bond acceptors (Lipinski definition) is 5. The fourth-order valence-electron chi connectivity index (χ4n) is 2.12. The number of rotatable bonds is 4. The molecule has 0 amide bonds. The third-order valence-electron chi connectivity index (χ3n) is 2.98. The monoisotopic (exact) mass is 241 g/mol. The van der Waals surface area contributed by atoms with Gasteiger partial charge in [0.2, 0.25) is 5.88 Å². The van der Waals surface area contributed by atoms with Gasteiger partial charge in [0.1, 0.15) is 0 Å². The maximum atomic E-state index is 9.60. The molecule has 90 valence electrons. The second-order valence-corrected chi connectivity index (χ2v) is 5.37. The highest BCUT2D eigenvalue weighted by Crippen LogP contribution is 2.30. The molecule has 4 nitrogen and oxygen atoms in total. The number of thiazole rings is 1. The molecule has 5 heteroatoms. The van der Waals surface area contributed by atoms with Gasteiger partial charge in [-0.05, 0) is 25.8 Å². The van der Waals surface area contributed by atoms with Gasteiger partial charge in [0, 0.05) is 6.04 Å². The summed E-state index contributed by atoms with van der Waals surface area (Å²) in [5, 5.41) is 13.8. The quantitative estimate of drug-likeness (QED) is 0.755. The molecule has 16 heavy (non-hydrogen) atoms. The van der Waals surface area contributed by atoms with Crippen LogP contribution >= 0.6 is 11.3 Å². The Balaban J connectivity index is 1.95. The maximum Gasteiger partial charge on any atom is 0.227 e. The zero-order valence-electron chi connectivity index (χ0n) is 9.41. The average Bonchev–Trinajstić information content (AvgIpc) is 2.61. The topological polar surface area (TPSA) is 71.2 Å². The third kappa shape index (κ3) is 2.86. The number of anilines is 1. The van der Waals surface area contributed by atoms with E-state index in [0.717, 1.165) is 10.0 Å². The van der Waals surface area contributed by atoms with Gasteiger partial charge in [0.05, 0.1) is 4.88 Å². The largest absolute Gasteiger partial charge is 0.492 e. The van der Waals surface area contributed by atoms with Gasteiger partial charge in [-0.25, -0.2) is 0 Å². The van der Waals surface area contributed by atoms with E-state index >= 15 is 0 Å². The molecular weight excluding hydrogens is 222 g/mol.